The van der Waals surface area contributed by atoms with Gasteiger partial charge in [0.1, 0.15) is 23.3 Å². The Hall–Kier alpha value is -3.69. The first-order valence-corrected chi connectivity index (χ1v) is 14.7. The van der Waals surface area contributed by atoms with E-state index in [9.17, 15) is 23.5 Å². The van der Waals surface area contributed by atoms with Crippen LogP contribution in [0, 0.1) is 5.92 Å². The number of aryl methyl sites for hydroxylation is 1. The number of carbonyl (C=O) groups excluding carboxylic acids is 1. The molecule has 0 bridgehead atoms. The third-order valence-corrected chi connectivity index (χ3v) is 9.31. The van der Waals surface area contributed by atoms with Gasteiger partial charge < -0.3 is 19.5 Å². The zero-order chi connectivity index (χ0) is 29.8. The van der Waals surface area contributed by atoms with E-state index in [1.807, 2.05) is 31.2 Å². The number of allylic oxidation sites excluding steroid dienone is 2. The zero-order valence-corrected chi connectivity index (χ0v) is 24.2. The number of carbonyl (C=O) groups is 2. The summed E-state index contributed by atoms with van der Waals surface area (Å²) in [5.74, 6) is -0.436. The van der Waals surface area contributed by atoms with Crippen LogP contribution >= 0.6 is 0 Å². The second kappa shape index (κ2) is 10.9. The largest absolute Gasteiger partial charge is 0.496 e. The SMILES string of the molecule is COc1cc2c(cc1-c1ccc(N3CCC3)nc1CN1C(=O)OC(C3CC(F)=CC(C)(F)C3)C1C)C(CC(=O)O)CC2. The number of pyridine rings is 1. The molecule has 2 aliphatic carbocycles. The van der Waals surface area contributed by atoms with E-state index in [-0.39, 0.29) is 31.7 Å². The van der Waals surface area contributed by atoms with Crippen LogP contribution in [0.2, 0.25) is 0 Å². The number of fused-ring (bicyclic) bond motifs is 1. The van der Waals surface area contributed by atoms with Gasteiger partial charge in [0.2, 0.25) is 0 Å². The third-order valence-electron chi connectivity index (χ3n) is 9.31. The number of nitrogens with zero attached hydrogens (tertiary/aromatic N) is 3. The van der Waals surface area contributed by atoms with Gasteiger partial charge in [-0.25, -0.2) is 18.6 Å². The third kappa shape index (κ3) is 5.31. The van der Waals surface area contributed by atoms with Crippen molar-refractivity contribution in [2.45, 2.75) is 82.6 Å². The van der Waals surface area contributed by atoms with Crippen LogP contribution in [0.3, 0.4) is 0 Å². The van der Waals surface area contributed by atoms with Crippen molar-refractivity contribution in [3.8, 4) is 16.9 Å². The van der Waals surface area contributed by atoms with Gasteiger partial charge >= 0.3 is 12.1 Å². The van der Waals surface area contributed by atoms with E-state index < -0.39 is 41.6 Å². The Labute approximate surface area is 244 Å². The summed E-state index contributed by atoms with van der Waals surface area (Å²) in [6, 6.07) is 7.54. The molecule has 3 heterocycles. The molecule has 42 heavy (non-hydrogen) atoms. The molecule has 2 saturated heterocycles. The molecular weight excluding hydrogens is 544 g/mol. The quantitative estimate of drug-likeness (QED) is 0.399. The summed E-state index contributed by atoms with van der Waals surface area (Å²) in [4.78, 5) is 33.5. The number of hydrogen-bond donors (Lipinski definition) is 1. The smallest absolute Gasteiger partial charge is 0.410 e. The molecule has 5 unspecified atom stereocenters. The van der Waals surface area contributed by atoms with Crippen LogP contribution in [0.15, 0.2) is 36.2 Å². The maximum absolute atomic E-state index is 14.8. The van der Waals surface area contributed by atoms with Gasteiger partial charge in [-0.3, -0.25) is 9.69 Å². The van der Waals surface area contributed by atoms with Crippen molar-refractivity contribution in [1.82, 2.24) is 9.88 Å². The molecule has 0 saturated carbocycles. The Morgan fingerprint density at radius 3 is 2.71 bits per heavy atom. The number of carboxylic acid groups (broad SMARTS) is 1. The Balaban J connectivity index is 1.35. The van der Waals surface area contributed by atoms with Gasteiger partial charge in [0, 0.05) is 36.6 Å². The molecule has 2 aliphatic heterocycles. The van der Waals surface area contributed by atoms with Crippen molar-refractivity contribution in [2.75, 3.05) is 25.1 Å². The first kappa shape index (κ1) is 28.4. The number of aromatic nitrogens is 1. The van der Waals surface area contributed by atoms with Gasteiger partial charge in [0.15, 0.2) is 0 Å². The molecule has 224 valence electrons. The summed E-state index contributed by atoms with van der Waals surface area (Å²) < 4.78 is 40.7. The number of anilines is 1. The van der Waals surface area contributed by atoms with Gasteiger partial charge in [0.25, 0.3) is 0 Å². The van der Waals surface area contributed by atoms with Crippen molar-refractivity contribution < 1.29 is 33.0 Å². The van der Waals surface area contributed by atoms with Gasteiger partial charge in [-0.1, -0.05) is 0 Å². The number of ether oxygens (including phenoxy) is 2. The molecule has 1 aromatic carbocycles. The van der Waals surface area contributed by atoms with E-state index in [4.69, 9.17) is 14.5 Å². The molecule has 1 N–H and O–H groups in total. The highest BCUT2D eigenvalue weighted by Gasteiger charge is 2.47. The molecule has 2 fully saturated rings. The van der Waals surface area contributed by atoms with Gasteiger partial charge in [-0.2, -0.15) is 0 Å². The number of cyclic esters (lactones) is 1. The number of alkyl halides is 1. The monoisotopic (exact) mass is 581 g/mol. The average molecular weight is 582 g/mol. The highest BCUT2D eigenvalue weighted by atomic mass is 19.1. The van der Waals surface area contributed by atoms with Crippen LogP contribution < -0.4 is 9.64 Å². The standard InChI is InChI=1S/C32H37F2N3O5/c1-18-30(21-11-22(33)16-32(2,34)15-21)42-31(40)37(18)17-26-23(7-8-28(35-26)36-9-4-10-36)25-14-24-19(12-27(25)41-3)5-6-20(24)13-29(38)39/h7-8,12,14,16,18,20-21,30H,4-6,9-11,13,15,17H2,1-3H3,(H,38,39). The summed E-state index contributed by atoms with van der Waals surface area (Å²) in [6.07, 6.45) is 2.64. The maximum Gasteiger partial charge on any atom is 0.410 e. The Morgan fingerprint density at radius 1 is 1.26 bits per heavy atom. The van der Waals surface area contributed by atoms with Crippen molar-refractivity contribution in [2.24, 2.45) is 5.92 Å². The maximum atomic E-state index is 14.8. The summed E-state index contributed by atoms with van der Waals surface area (Å²) in [6.45, 7) is 5.15. The fraction of sp³-hybridized carbons (Fsp3) is 0.531. The van der Waals surface area contributed by atoms with Crippen LogP contribution in [0.1, 0.15) is 68.7 Å². The summed E-state index contributed by atoms with van der Waals surface area (Å²) in [5, 5.41) is 9.48. The molecule has 0 spiro atoms. The van der Waals surface area contributed by atoms with Gasteiger partial charge in [-0.05, 0) is 86.9 Å². The number of methoxy groups -OCH3 is 1. The molecule has 0 radical (unpaired) electrons. The Kier molecular flexibility index (Phi) is 7.35. The number of rotatable bonds is 8. The lowest BCUT2D eigenvalue weighted by Crippen LogP contribution is -2.40. The lowest BCUT2D eigenvalue weighted by atomic mass is 9.80. The molecule has 4 aliphatic rings. The summed E-state index contributed by atoms with van der Waals surface area (Å²) >= 11 is 0. The van der Waals surface area contributed by atoms with Crippen LogP contribution in [0.4, 0.5) is 19.4 Å². The highest BCUT2D eigenvalue weighted by molar-refractivity contribution is 5.77. The predicted octanol–water partition coefficient (Wildman–Crippen LogP) is 6.17. The van der Waals surface area contributed by atoms with E-state index >= 15 is 0 Å². The number of amides is 1. The molecule has 1 aromatic heterocycles. The van der Waals surface area contributed by atoms with Crippen molar-refractivity contribution in [3.05, 3.63) is 53.0 Å². The topological polar surface area (TPSA) is 92.2 Å². The lowest BCUT2D eigenvalue weighted by Gasteiger charge is -2.34. The molecule has 1 amide bonds. The number of benzene rings is 1. The van der Waals surface area contributed by atoms with Crippen LogP contribution in [0.5, 0.6) is 5.75 Å². The Morgan fingerprint density at radius 2 is 2.05 bits per heavy atom. The van der Waals surface area contributed by atoms with Crippen LogP contribution in [-0.4, -0.2) is 65.1 Å². The van der Waals surface area contributed by atoms with E-state index in [0.717, 1.165) is 66.5 Å². The number of hydrogen-bond acceptors (Lipinski definition) is 6. The molecule has 10 heteroatoms. The molecule has 6 rings (SSSR count). The van der Waals surface area contributed by atoms with E-state index in [1.165, 1.54) is 6.92 Å². The molecular formula is C32H37F2N3O5. The predicted molar refractivity (Wildman–Crippen MR) is 153 cm³/mol. The minimum Gasteiger partial charge on any atom is -0.496 e. The minimum atomic E-state index is -1.80. The lowest BCUT2D eigenvalue weighted by molar-refractivity contribution is -0.137. The second-order valence-corrected chi connectivity index (χ2v) is 12.3. The fourth-order valence-electron chi connectivity index (χ4n) is 7.10. The van der Waals surface area contributed by atoms with Crippen LogP contribution in [0.25, 0.3) is 11.1 Å². The fourth-order valence-corrected chi connectivity index (χ4v) is 7.10. The van der Waals surface area contributed by atoms with Gasteiger partial charge in [-0.15, -0.1) is 0 Å². The number of carboxylic acids is 1. The van der Waals surface area contributed by atoms with Crippen molar-refractivity contribution in [3.63, 3.8) is 0 Å². The summed E-state index contributed by atoms with van der Waals surface area (Å²) in [7, 11) is 1.61. The van der Waals surface area contributed by atoms with Gasteiger partial charge in [0.05, 0.1) is 37.6 Å². The highest BCUT2D eigenvalue weighted by Crippen LogP contribution is 2.45. The molecule has 5 atom stereocenters. The minimum absolute atomic E-state index is 0.0351. The van der Waals surface area contributed by atoms with Crippen LogP contribution in [-0.2, 0) is 22.5 Å². The summed E-state index contributed by atoms with van der Waals surface area (Å²) in [5.41, 5.74) is 2.51. The second-order valence-electron chi connectivity index (χ2n) is 12.3. The van der Waals surface area contributed by atoms with E-state index in [2.05, 4.69) is 4.90 Å². The average Bonchev–Trinajstić information content (AvgIpc) is 3.40. The van der Waals surface area contributed by atoms with Crippen molar-refractivity contribution in [1.29, 1.82) is 0 Å². The van der Waals surface area contributed by atoms with E-state index in [0.29, 0.717) is 11.4 Å². The first-order chi connectivity index (χ1) is 20.0. The Bertz CT molecular complexity index is 1440. The molecule has 2 aromatic rings. The molecule has 8 nitrogen and oxygen atoms in total. The normalized spacial score (nSPS) is 28.7. The zero-order valence-electron chi connectivity index (χ0n) is 24.2. The first-order valence-electron chi connectivity index (χ1n) is 14.7. The van der Waals surface area contributed by atoms with E-state index in [1.54, 1.807) is 12.0 Å². The number of aliphatic carboxylic acids is 1. The number of halogens is 2. The van der Waals surface area contributed by atoms with Crippen molar-refractivity contribution >= 4 is 17.9 Å².